The number of aromatic nitrogens is 2. The quantitative estimate of drug-likeness (QED) is 0.943. The van der Waals surface area contributed by atoms with E-state index in [1.165, 1.54) is 11.3 Å². The van der Waals surface area contributed by atoms with Crippen LogP contribution in [0.5, 0.6) is 0 Å². The number of aromatic amines is 1. The Kier molecular flexibility index (Phi) is 4.60. The summed E-state index contributed by atoms with van der Waals surface area (Å²) in [5.41, 5.74) is 5.14. The lowest BCUT2D eigenvalue weighted by Crippen LogP contribution is -2.54. The zero-order valence-corrected chi connectivity index (χ0v) is 15.0. The molecular formula is C19H26N4O. The molecule has 1 atom stereocenters. The van der Waals surface area contributed by atoms with E-state index >= 15 is 0 Å². The Morgan fingerprint density at radius 1 is 1.29 bits per heavy atom. The number of rotatable bonds is 3. The first-order valence-corrected chi connectivity index (χ1v) is 8.68. The van der Waals surface area contributed by atoms with Crippen LogP contribution in [0, 0.1) is 13.8 Å². The molecule has 1 fully saturated rings. The summed E-state index contributed by atoms with van der Waals surface area (Å²) >= 11 is 0. The molecule has 1 N–H and O–H groups in total. The van der Waals surface area contributed by atoms with Gasteiger partial charge in [0, 0.05) is 42.6 Å². The molecule has 24 heavy (non-hydrogen) atoms. The van der Waals surface area contributed by atoms with Crippen LogP contribution in [0.4, 0.5) is 5.69 Å². The molecule has 1 amide bonds. The molecule has 1 saturated heterocycles. The van der Waals surface area contributed by atoms with Gasteiger partial charge < -0.3 is 9.80 Å². The standard InChI is InChI=1S/C19H26N4O/c1-5-16-15(4)18(21-20-16)19(24)23-11-10-22(12-14(23)3)17-9-7-6-8-13(17)2/h6-9,14H,5,10-12H2,1-4H3,(H,20,21)/t14-/m0/s1. The highest BCUT2D eigenvalue weighted by Gasteiger charge is 2.30. The molecule has 2 heterocycles. The zero-order chi connectivity index (χ0) is 17.3. The van der Waals surface area contributed by atoms with Gasteiger partial charge in [0.15, 0.2) is 5.69 Å². The van der Waals surface area contributed by atoms with Crippen molar-refractivity contribution >= 4 is 11.6 Å². The van der Waals surface area contributed by atoms with E-state index in [0.717, 1.165) is 37.3 Å². The number of nitrogens with zero attached hydrogens (tertiary/aromatic N) is 3. The largest absolute Gasteiger partial charge is 0.367 e. The first-order valence-electron chi connectivity index (χ1n) is 8.68. The minimum atomic E-state index is 0.0420. The molecule has 2 aromatic rings. The summed E-state index contributed by atoms with van der Waals surface area (Å²) in [5, 5.41) is 7.25. The predicted molar refractivity (Wildman–Crippen MR) is 96.6 cm³/mol. The minimum Gasteiger partial charge on any atom is -0.367 e. The van der Waals surface area contributed by atoms with Gasteiger partial charge in [0.25, 0.3) is 5.91 Å². The van der Waals surface area contributed by atoms with Crippen LogP contribution in [-0.4, -0.2) is 46.7 Å². The van der Waals surface area contributed by atoms with E-state index in [1.54, 1.807) is 0 Å². The van der Waals surface area contributed by atoms with Crippen LogP contribution in [0.1, 0.15) is 41.2 Å². The lowest BCUT2D eigenvalue weighted by atomic mass is 10.1. The fourth-order valence-corrected chi connectivity index (χ4v) is 3.52. The summed E-state index contributed by atoms with van der Waals surface area (Å²) in [6, 6.07) is 8.59. The summed E-state index contributed by atoms with van der Waals surface area (Å²) in [6.07, 6.45) is 0.864. The van der Waals surface area contributed by atoms with Crippen LogP contribution in [0.3, 0.4) is 0 Å². The second-order valence-corrected chi connectivity index (χ2v) is 6.61. The number of carbonyl (C=O) groups is 1. The average Bonchev–Trinajstić information content (AvgIpc) is 2.95. The molecule has 3 rings (SSSR count). The summed E-state index contributed by atoms with van der Waals surface area (Å²) in [4.78, 5) is 17.2. The molecular weight excluding hydrogens is 300 g/mol. The number of piperazine rings is 1. The monoisotopic (exact) mass is 326 g/mol. The van der Waals surface area contributed by atoms with Gasteiger partial charge in [0.05, 0.1) is 0 Å². The van der Waals surface area contributed by atoms with Crippen molar-refractivity contribution in [1.82, 2.24) is 15.1 Å². The summed E-state index contributed by atoms with van der Waals surface area (Å²) < 4.78 is 0. The normalized spacial score (nSPS) is 18.1. The second-order valence-electron chi connectivity index (χ2n) is 6.61. The lowest BCUT2D eigenvalue weighted by molar-refractivity contribution is 0.0667. The molecule has 0 spiro atoms. The summed E-state index contributed by atoms with van der Waals surface area (Å²) in [7, 11) is 0. The smallest absolute Gasteiger partial charge is 0.274 e. The van der Waals surface area contributed by atoms with Gasteiger partial charge in [0.2, 0.25) is 0 Å². The Labute approximate surface area is 143 Å². The van der Waals surface area contributed by atoms with Gasteiger partial charge in [-0.2, -0.15) is 5.10 Å². The number of carbonyl (C=O) groups excluding carboxylic acids is 1. The first-order chi connectivity index (χ1) is 11.5. The minimum absolute atomic E-state index is 0.0420. The third-order valence-corrected chi connectivity index (χ3v) is 5.01. The van der Waals surface area contributed by atoms with Crippen LogP contribution in [0.2, 0.25) is 0 Å². The zero-order valence-electron chi connectivity index (χ0n) is 15.0. The highest BCUT2D eigenvalue weighted by Crippen LogP contribution is 2.24. The van der Waals surface area contributed by atoms with Crippen molar-refractivity contribution in [3.8, 4) is 0 Å². The van der Waals surface area contributed by atoms with E-state index in [0.29, 0.717) is 5.69 Å². The van der Waals surface area contributed by atoms with E-state index in [9.17, 15) is 4.79 Å². The topological polar surface area (TPSA) is 52.2 Å². The number of nitrogens with one attached hydrogen (secondary N) is 1. The van der Waals surface area contributed by atoms with Gasteiger partial charge in [0.1, 0.15) is 0 Å². The number of amides is 1. The third-order valence-electron chi connectivity index (χ3n) is 5.01. The molecule has 0 radical (unpaired) electrons. The Balaban J connectivity index is 1.75. The van der Waals surface area contributed by atoms with Crippen LogP contribution >= 0.6 is 0 Å². The number of hydrogen-bond donors (Lipinski definition) is 1. The number of aryl methyl sites for hydroxylation is 2. The highest BCUT2D eigenvalue weighted by atomic mass is 16.2. The van der Waals surface area contributed by atoms with Gasteiger partial charge in [-0.15, -0.1) is 0 Å². The Morgan fingerprint density at radius 2 is 2.04 bits per heavy atom. The van der Waals surface area contributed by atoms with Crippen LogP contribution in [0.15, 0.2) is 24.3 Å². The molecule has 0 bridgehead atoms. The Bertz CT molecular complexity index is 737. The van der Waals surface area contributed by atoms with Crippen molar-refractivity contribution in [2.24, 2.45) is 0 Å². The van der Waals surface area contributed by atoms with Gasteiger partial charge in [-0.05, 0) is 38.8 Å². The average molecular weight is 326 g/mol. The summed E-state index contributed by atoms with van der Waals surface area (Å²) in [6.45, 7) is 10.7. The van der Waals surface area contributed by atoms with E-state index in [-0.39, 0.29) is 11.9 Å². The Morgan fingerprint density at radius 3 is 2.67 bits per heavy atom. The fourth-order valence-electron chi connectivity index (χ4n) is 3.52. The molecule has 5 heteroatoms. The van der Waals surface area contributed by atoms with Crippen LogP contribution < -0.4 is 4.90 Å². The van der Waals surface area contributed by atoms with Gasteiger partial charge in [-0.25, -0.2) is 0 Å². The lowest BCUT2D eigenvalue weighted by Gasteiger charge is -2.41. The van der Waals surface area contributed by atoms with Crippen molar-refractivity contribution < 1.29 is 4.79 Å². The number of benzene rings is 1. The molecule has 0 aliphatic carbocycles. The second kappa shape index (κ2) is 6.67. The molecule has 1 aromatic carbocycles. The van der Waals surface area contributed by atoms with E-state index in [4.69, 9.17) is 0 Å². The maximum atomic E-state index is 12.9. The molecule has 1 aliphatic heterocycles. The summed E-state index contributed by atoms with van der Waals surface area (Å²) in [5.74, 6) is 0.0420. The predicted octanol–water partition coefficient (Wildman–Crippen LogP) is 2.94. The number of para-hydroxylation sites is 1. The Hall–Kier alpha value is -2.30. The number of H-pyrrole nitrogens is 1. The molecule has 0 unspecified atom stereocenters. The van der Waals surface area contributed by atoms with Crippen molar-refractivity contribution in [3.63, 3.8) is 0 Å². The molecule has 1 aromatic heterocycles. The van der Waals surface area contributed by atoms with Crippen LogP contribution in [0.25, 0.3) is 0 Å². The molecule has 128 valence electrons. The van der Waals surface area contributed by atoms with Crippen LogP contribution in [-0.2, 0) is 6.42 Å². The van der Waals surface area contributed by atoms with Crippen molar-refractivity contribution in [1.29, 1.82) is 0 Å². The maximum absolute atomic E-state index is 12.9. The maximum Gasteiger partial charge on any atom is 0.274 e. The fraction of sp³-hybridized carbons (Fsp3) is 0.474. The van der Waals surface area contributed by atoms with Crippen molar-refractivity contribution in [2.45, 2.75) is 40.2 Å². The van der Waals surface area contributed by atoms with E-state index in [2.05, 4.69) is 60.1 Å². The van der Waals surface area contributed by atoms with Gasteiger partial charge in [-0.1, -0.05) is 25.1 Å². The first kappa shape index (κ1) is 16.6. The van der Waals surface area contributed by atoms with E-state index in [1.807, 2.05) is 11.8 Å². The van der Waals surface area contributed by atoms with Crippen molar-refractivity contribution in [3.05, 3.63) is 46.8 Å². The molecule has 5 nitrogen and oxygen atoms in total. The van der Waals surface area contributed by atoms with Crippen molar-refractivity contribution in [2.75, 3.05) is 24.5 Å². The third kappa shape index (κ3) is 2.90. The molecule has 1 aliphatic rings. The van der Waals surface area contributed by atoms with Gasteiger partial charge in [-0.3, -0.25) is 9.89 Å². The molecule has 0 saturated carbocycles. The number of anilines is 1. The van der Waals surface area contributed by atoms with Gasteiger partial charge >= 0.3 is 0 Å². The number of hydrogen-bond acceptors (Lipinski definition) is 3. The van der Waals surface area contributed by atoms with E-state index < -0.39 is 0 Å². The SMILES string of the molecule is CCc1[nH]nc(C(=O)N2CCN(c3ccccc3C)C[C@@H]2C)c1C. The highest BCUT2D eigenvalue weighted by molar-refractivity contribution is 5.94.